The lowest BCUT2D eigenvalue weighted by atomic mass is 9.49. The second-order valence-corrected chi connectivity index (χ2v) is 13.2. The normalized spacial score (nSPS) is 43.9. The Hall–Kier alpha value is -1.20. The van der Waals surface area contributed by atoms with Crippen LogP contribution in [-0.4, -0.2) is 24.6 Å². The van der Waals surface area contributed by atoms with E-state index in [0.29, 0.717) is 17.3 Å². The Balaban J connectivity index is 1.34. The van der Waals surface area contributed by atoms with Gasteiger partial charge in [-0.1, -0.05) is 36.8 Å². The summed E-state index contributed by atoms with van der Waals surface area (Å²) in [6.45, 7) is 4.66. The van der Waals surface area contributed by atoms with Gasteiger partial charge < -0.3 is 5.11 Å². The SMILES string of the molecule is CC=C1CC[C@H]2[C@@H]3CC[C@H]4C[C@@](O)(C(F)S(=O)(=O)c5ccccc5)CC[C@@H]4[C@H]3CC[C@]12C. The largest absolute Gasteiger partial charge is 0.386 e. The molecule has 176 valence electrons. The Morgan fingerprint density at radius 1 is 1.03 bits per heavy atom. The lowest BCUT2D eigenvalue weighted by molar-refractivity contribution is -0.111. The Kier molecular flexibility index (Phi) is 5.60. The smallest absolute Gasteiger partial charge is 0.233 e. The number of hydrogen-bond donors (Lipinski definition) is 1. The van der Waals surface area contributed by atoms with E-state index in [1.807, 2.05) is 0 Å². The summed E-state index contributed by atoms with van der Waals surface area (Å²) in [5, 5.41) is 11.3. The zero-order valence-corrected chi connectivity index (χ0v) is 20.2. The highest BCUT2D eigenvalue weighted by molar-refractivity contribution is 7.92. The molecule has 4 saturated carbocycles. The molecule has 0 radical (unpaired) electrons. The molecule has 0 aromatic heterocycles. The van der Waals surface area contributed by atoms with Crippen LogP contribution in [0, 0.1) is 35.0 Å². The fourth-order valence-corrected chi connectivity index (χ4v) is 10.0. The van der Waals surface area contributed by atoms with E-state index in [1.165, 1.54) is 37.8 Å². The molecule has 0 saturated heterocycles. The van der Waals surface area contributed by atoms with E-state index in [-0.39, 0.29) is 23.7 Å². The molecule has 5 heteroatoms. The van der Waals surface area contributed by atoms with Crippen LogP contribution < -0.4 is 0 Å². The summed E-state index contributed by atoms with van der Waals surface area (Å²) in [6, 6.07) is 7.74. The van der Waals surface area contributed by atoms with Gasteiger partial charge in [-0.2, -0.15) is 0 Å². The van der Waals surface area contributed by atoms with E-state index in [2.05, 4.69) is 19.9 Å². The molecule has 1 N–H and O–H groups in total. The van der Waals surface area contributed by atoms with E-state index in [4.69, 9.17) is 0 Å². The molecule has 32 heavy (non-hydrogen) atoms. The minimum atomic E-state index is -4.21. The van der Waals surface area contributed by atoms with Gasteiger partial charge in [0.1, 0.15) is 5.60 Å². The summed E-state index contributed by atoms with van der Waals surface area (Å²) in [7, 11) is -4.21. The third-order valence-electron chi connectivity index (χ3n) is 10.0. The molecule has 1 aromatic rings. The van der Waals surface area contributed by atoms with Crippen molar-refractivity contribution in [2.24, 2.45) is 35.0 Å². The Labute approximate surface area is 192 Å². The van der Waals surface area contributed by atoms with Gasteiger partial charge in [-0.05, 0) is 112 Å². The Bertz CT molecular complexity index is 989. The van der Waals surface area contributed by atoms with E-state index < -0.39 is 20.9 Å². The van der Waals surface area contributed by atoms with Crippen LogP contribution in [0.3, 0.4) is 0 Å². The molecule has 4 fully saturated rings. The number of sulfone groups is 1. The number of hydrogen-bond acceptors (Lipinski definition) is 3. The first-order valence-electron chi connectivity index (χ1n) is 12.5. The molecule has 4 aliphatic carbocycles. The van der Waals surface area contributed by atoms with Crippen molar-refractivity contribution >= 4 is 9.84 Å². The van der Waals surface area contributed by atoms with Crippen molar-refractivity contribution in [3.8, 4) is 0 Å². The Morgan fingerprint density at radius 2 is 1.75 bits per heavy atom. The highest BCUT2D eigenvalue weighted by Crippen LogP contribution is 2.64. The zero-order chi connectivity index (χ0) is 22.7. The van der Waals surface area contributed by atoms with Crippen LogP contribution in [0.25, 0.3) is 0 Å². The van der Waals surface area contributed by atoms with Crippen LogP contribution in [0.4, 0.5) is 4.39 Å². The number of benzene rings is 1. The lowest BCUT2D eigenvalue weighted by Crippen LogP contribution is -2.54. The summed E-state index contributed by atoms with van der Waals surface area (Å²) in [4.78, 5) is -0.0423. The van der Waals surface area contributed by atoms with Crippen molar-refractivity contribution < 1.29 is 17.9 Å². The predicted octanol–water partition coefficient (Wildman–Crippen LogP) is 6.09. The number of rotatable bonds is 3. The molecule has 0 aliphatic heterocycles. The fraction of sp³-hybridized carbons (Fsp3) is 0.704. The van der Waals surface area contributed by atoms with Crippen molar-refractivity contribution in [3.63, 3.8) is 0 Å². The van der Waals surface area contributed by atoms with Gasteiger partial charge in [0.15, 0.2) is 0 Å². The summed E-state index contributed by atoms with van der Waals surface area (Å²) in [5.74, 6) is 2.86. The monoisotopic (exact) mass is 460 g/mol. The third-order valence-corrected chi connectivity index (χ3v) is 11.9. The minimum absolute atomic E-state index is 0.0423. The van der Waals surface area contributed by atoms with Gasteiger partial charge in [-0.3, -0.25) is 0 Å². The Morgan fingerprint density at radius 3 is 2.47 bits per heavy atom. The maximum absolute atomic E-state index is 15.5. The van der Waals surface area contributed by atoms with Gasteiger partial charge in [-0.15, -0.1) is 0 Å². The van der Waals surface area contributed by atoms with E-state index in [9.17, 15) is 13.5 Å². The molecule has 1 unspecified atom stereocenters. The zero-order valence-electron chi connectivity index (χ0n) is 19.3. The second-order valence-electron chi connectivity index (χ2n) is 11.3. The van der Waals surface area contributed by atoms with Crippen molar-refractivity contribution in [2.45, 2.75) is 87.6 Å². The van der Waals surface area contributed by atoms with Crippen LogP contribution in [0.5, 0.6) is 0 Å². The lowest BCUT2D eigenvalue weighted by Gasteiger charge is -2.56. The first-order chi connectivity index (χ1) is 15.2. The summed E-state index contributed by atoms with van der Waals surface area (Å²) in [6.07, 6.45) is 10.7. The maximum Gasteiger partial charge on any atom is 0.233 e. The van der Waals surface area contributed by atoms with Gasteiger partial charge in [0.25, 0.3) is 0 Å². The fourth-order valence-electron chi connectivity index (χ4n) is 8.46. The average Bonchev–Trinajstić information content (AvgIpc) is 3.15. The number of aliphatic hydroxyl groups is 1. The van der Waals surface area contributed by atoms with Crippen LogP contribution in [0.15, 0.2) is 46.9 Å². The molecule has 0 spiro atoms. The van der Waals surface area contributed by atoms with E-state index >= 15 is 4.39 Å². The van der Waals surface area contributed by atoms with Gasteiger partial charge in [0.05, 0.1) is 4.90 Å². The molecule has 0 amide bonds. The molecule has 4 aliphatic rings. The first kappa shape index (κ1) is 22.6. The standard InChI is InChI=1S/C27H37FO3S/c1-3-19-10-12-24-23-11-9-18-17-27(29,16-14-21(18)22(23)13-15-26(19,24)2)25(28)32(30,31)20-7-5-4-6-8-20/h3-8,18,21-25,29H,9-17H2,1-2H3/t18-,21-,22+,23+,24-,25?,26+,27+/m0/s1. The summed E-state index contributed by atoms with van der Waals surface area (Å²) < 4.78 is 41.3. The molecule has 8 atom stereocenters. The second kappa shape index (κ2) is 7.94. The summed E-state index contributed by atoms with van der Waals surface area (Å²) in [5.41, 5.74) is -2.05. The predicted molar refractivity (Wildman–Crippen MR) is 124 cm³/mol. The number of fused-ring (bicyclic) bond motifs is 5. The molecule has 0 heterocycles. The average molecular weight is 461 g/mol. The van der Waals surface area contributed by atoms with Crippen molar-refractivity contribution in [2.75, 3.05) is 0 Å². The maximum atomic E-state index is 15.5. The van der Waals surface area contributed by atoms with Crippen molar-refractivity contribution in [1.82, 2.24) is 0 Å². The van der Waals surface area contributed by atoms with Crippen LogP contribution in [0.1, 0.15) is 71.6 Å². The molecule has 1 aromatic carbocycles. The first-order valence-corrected chi connectivity index (χ1v) is 14.1. The molecule has 3 nitrogen and oxygen atoms in total. The summed E-state index contributed by atoms with van der Waals surface area (Å²) >= 11 is 0. The molecular weight excluding hydrogens is 423 g/mol. The molecular formula is C27H37FO3S. The van der Waals surface area contributed by atoms with Crippen LogP contribution >= 0.6 is 0 Å². The topological polar surface area (TPSA) is 54.4 Å². The van der Waals surface area contributed by atoms with E-state index in [1.54, 1.807) is 23.8 Å². The molecule has 0 bridgehead atoms. The highest BCUT2D eigenvalue weighted by Gasteiger charge is 2.58. The third kappa shape index (κ3) is 3.33. The van der Waals surface area contributed by atoms with Gasteiger partial charge in [0, 0.05) is 0 Å². The van der Waals surface area contributed by atoms with Crippen molar-refractivity contribution in [1.29, 1.82) is 0 Å². The number of halogens is 1. The van der Waals surface area contributed by atoms with Crippen LogP contribution in [-0.2, 0) is 9.84 Å². The quantitative estimate of drug-likeness (QED) is 0.556. The molecule has 5 rings (SSSR count). The van der Waals surface area contributed by atoms with Gasteiger partial charge >= 0.3 is 0 Å². The van der Waals surface area contributed by atoms with Gasteiger partial charge in [0.2, 0.25) is 15.3 Å². The number of allylic oxidation sites excluding steroid dienone is 2. The number of alkyl halides is 1. The van der Waals surface area contributed by atoms with Crippen LogP contribution in [0.2, 0.25) is 0 Å². The van der Waals surface area contributed by atoms with E-state index in [0.717, 1.165) is 31.1 Å². The highest BCUT2D eigenvalue weighted by atomic mass is 32.2. The van der Waals surface area contributed by atoms with Crippen molar-refractivity contribution in [3.05, 3.63) is 42.0 Å². The minimum Gasteiger partial charge on any atom is -0.386 e. The van der Waals surface area contributed by atoms with Gasteiger partial charge in [-0.25, -0.2) is 12.8 Å².